The highest BCUT2D eigenvalue weighted by Gasteiger charge is 2.41. The predicted octanol–water partition coefficient (Wildman–Crippen LogP) is 4.61. The smallest absolute Gasteiger partial charge is 0.268 e. The molecular weight excluding hydrogens is 473 g/mol. The number of halogens is 4. The van der Waals surface area contributed by atoms with Gasteiger partial charge in [-0.05, 0) is 45.0 Å². The number of amides is 2. The lowest BCUT2D eigenvalue weighted by atomic mass is 10.1. The minimum atomic E-state index is -4.76. The van der Waals surface area contributed by atoms with Crippen molar-refractivity contribution in [3.63, 3.8) is 0 Å². The van der Waals surface area contributed by atoms with E-state index in [1.807, 2.05) is 0 Å². The van der Waals surface area contributed by atoms with Crippen molar-refractivity contribution < 1.29 is 22.8 Å². The Labute approximate surface area is 195 Å². The number of hydrogen-bond acceptors (Lipinski definition) is 6. The zero-order valence-electron chi connectivity index (χ0n) is 17.9. The average Bonchev–Trinajstić information content (AvgIpc) is 3.21. The first-order valence-corrected chi connectivity index (χ1v) is 10.3. The lowest BCUT2D eigenvalue weighted by molar-refractivity contribution is -0.137. The van der Waals surface area contributed by atoms with Crippen LogP contribution in [0.4, 0.5) is 18.9 Å². The van der Waals surface area contributed by atoms with E-state index in [2.05, 4.69) is 20.1 Å². The van der Waals surface area contributed by atoms with Crippen LogP contribution in [0.1, 0.15) is 43.4 Å². The highest BCUT2D eigenvalue weighted by atomic mass is 35.5. The van der Waals surface area contributed by atoms with E-state index in [-0.39, 0.29) is 28.4 Å². The number of carbonyl (C=O) groups excluding carboxylic acids is 2. The van der Waals surface area contributed by atoms with Gasteiger partial charge >= 0.3 is 6.18 Å². The molecule has 12 heteroatoms. The molecule has 0 saturated carbocycles. The van der Waals surface area contributed by atoms with Gasteiger partial charge in [0.05, 0.1) is 38.5 Å². The fourth-order valence-corrected chi connectivity index (χ4v) is 4.23. The van der Waals surface area contributed by atoms with Gasteiger partial charge in [0.15, 0.2) is 5.65 Å². The summed E-state index contributed by atoms with van der Waals surface area (Å²) in [6.07, 6.45) is -3.55. The first kappa shape index (κ1) is 22.0. The fraction of sp³-hybridized carbons (Fsp3) is 0.182. The van der Waals surface area contributed by atoms with Crippen LogP contribution in [-0.4, -0.2) is 36.5 Å². The molecule has 1 aromatic carbocycles. The van der Waals surface area contributed by atoms with E-state index in [4.69, 9.17) is 11.6 Å². The Kier molecular flexibility index (Phi) is 4.73. The molecule has 1 aliphatic heterocycles. The zero-order valence-corrected chi connectivity index (χ0v) is 18.7. The van der Waals surface area contributed by atoms with Crippen molar-refractivity contribution in [2.75, 3.05) is 4.90 Å². The van der Waals surface area contributed by atoms with Crippen LogP contribution in [0.15, 0.2) is 30.5 Å². The number of aryl methyl sites for hydroxylation is 3. The molecule has 4 aromatic rings. The Bertz CT molecular complexity index is 1530. The van der Waals surface area contributed by atoms with Crippen molar-refractivity contribution in [3.05, 3.63) is 69.3 Å². The van der Waals surface area contributed by atoms with E-state index in [9.17, 15) is 22.8 Å². The van der Waals surface area contributed by atoms with E-state index >= 15 is 0 Å². The van der Waals surface area contributed by atoms with Crippen molar-refractivity contribution >= 4 is 40.1 Å². The molecule has 2 amide bonds. The van der Waals surface area contributed by atoms with Crippen molar-refractivity contribution in [2.24, 2.45) is 0 Å². The zero-order chi connectivity index (χ0) is 24.5. The molecule has 3 aromatic heterocycles. The molecule has 5 rings (SSSR count). The quantitative estimate of drug-likeness (QED) is 0.384. The van der Waals surface area contributed by atoms with Crippen LogP contribution < -0.4 is 4.90 Å². The van der Waals surface area contributed by atoms with Gasteiger partial charge in [-0.1, -0.05) is 11.6 Å². The Morgan fingerprint density at radius 2 is 1.65 bits per heavy atom. The third kappa shape index (κ3) is 3.23. The number of pyridine rings is 1. The minimum absolute atomic E-state index is 0.00614. The standard InChI is InChI=1S/C22H14ClF3N6O2/c1-9-6-10(2)29-21(28-9)32-18-16(11(3)30-32)17-13(8-27-18)19(33)31(20(17)34)12-4-5-15(23)14(7-12)22(24,25)26/h4-8H,1-3H3. The normalized spacial score (nSPS) is 13.8. The molecule has 0 atom stereocenters. The first-order valence-electron chi connectivity index (χ1n) is 9.94. The lowest BCUT2D eigenvalue weighted by Crippen LogP contribution is -2.29. The molecule has 4 heterocycles. The van der Waals surface area contributed by atoms with E-state index < -0.39 is 28.6 Å². The summed E-state index contributed by atoms with van der Waals surface area (Å²) in [4.78, 5) is 40.2. The van der Waals surface area contributed by atoms with E-state index in [0.29, 0.717) is 33.4 Å². The van der Waals surface area contributed by atoms with Crippen molar-refractivity contribution in [1.82, 2.24) is 24.7 Å². The predicted molar refractivity (Wildman–Crippen MR) is 116 cm³/mol. The molecule has 0 N–H and O–H groups in total. The van der Waals surface area contributed by atoms with Gasteiger partial charge in [-0.3, -0.25) is 9.59 Å². The summed E-state index contributed by atoms with van der Waals surface area (Å²) in [5.41, 5.74) is 0.600. The van der Waals surface area contributed by atoms with Gasteiger partial charge < -0.3 is 0 Å². The number of rotatable bonds is 2. The van der Waals surface area contributed by atoms with Gasteiger partial charge in [0.1, 0.15) is 0 Å². The number of hydrogen-bond donors (Lipinski definition) is 0. The van der Waals surface area contributed by atoms with E-state index in [1.54, 1.807) is 26.8 Å². The SMILES string of the molecule is Cc1cc(C)nc(-n2nc(C)c3c4c(cnc32)C(=O)N(c2ccc(Cl)c(C(F)(F)F)c2)C4=O)n1. The third-order valence-electron chi connectivity index (χ3n) is 5.40. The monoisotopic (exact) mass is 486 g/mol. The van der Waals surface area contributed by atoms with Crippen LogP contribution in [0.25, 0.3) is 17.0 Å². The average molecular weight is 487 g/mol. The molecule has 1 aliphatic rings. The molecule has 0 unspecified atom stereocenters. The number of carbonyl (C=O) groups is 2. The molecular formula is C22H14ClF3N6O2. The molecule has 34 heavy (non-hydrogen) atoms. The van der Waals surface area contributed by atoms with Gasteiger partial charge in [-0.2, -0.15) is 23.0 Å². The Balaban J connectivity index is 1.68. The summed E-state index contributed by atoms with van der Waals surface area (Å²) < 4.78 is 41.4. The Morgan fingerprint density at radius 3 is 2.29 bits per heavy atom. The molecule has 8 nitrogen and oxygen atoms in total. The first-order chi connectivity index (χ1) is 16.0. The topological polar surface area (TPSA) is 93.9 Å². The molecule has 0 bridgehead atoms. The summed E-state index contributed by atoms with van der Waals surface area (Å²) >= 11 is 5.69. The fourth-order valence-electron chi connectivity index (χ4n) is 4.01. The summed E-state index contributed by atoms with van der Waals surface area (Å²) in [5.74, 6) is -1.34. The molecule has 0 spiro atoms. The number of fused-ring (bicyclic) bond motifs is 3. The number of nitrogens with zero attached hydrogens (tertiary/aromatic N) is 6. The van der Waals surface area contributed by atoms with Crippen molar-refractivity contribution in [2.45, 2.75) is 26.9 Å². The van der Waals surface area contributed by atoms with Crippen LogP contribution in [0.5, 0.6) is 0 Å². The molecule has 0 aliphatic carbocycles. The molecule has 0 fully saturated rings. The second-order valence-electron chi connectivity index (χ2n) is 7.80. The van der Waals surface area contributed by atoms with E-state index in [0.717, 1.165) is 6.07 Å². The maximum absolute atomic E-state index is 13.4. The summed E-state index contributed by atoms with van der Waals surface area (Å²) in [6.45, 7) is 5.22. The number of aromatic nitrogens is 5. The third-order valence-corrected chi connectivity index (χ3v) is 5.72. The summed E-state index contributed by atoms with van der Waals surface area (Å²) in [7, 11) is 0. The van der Waals surface area contributed by atoms with Gasteiger partial charge in [-0.25, -0.2) is 19.9 Å². The lowest BCUT2D eigenvalue weighted by Gasteiger charge is -2.17. The number of alkyl halides is 3. The van der Waals surface area contributed by atoms with Crippen LogP contribution in [0.2, 0.25) is 5.02 Å². The largest absolute Gasteiger partial charge is 0.417 e. The van der Waals surface area contributed by atoms with Crippen molar-refractivity contribution in [3.8, 4) is 5.95 Å². The number of anilines is 1. The highest BCUT2D eigenvalue weighted by molar-refractivity contribution is 6.37. The molecule has 172 valence electrons. The minimum Gasteiger partial charge on any atom is -0.268 e. The van der Waals surface area contributed by atoms with E-state index in [1.165, 1.54) is 16.9 Å². The van der Waals surface area contributed by atoms with Gasteiger partial charge in [0, 0.05) is 17.6 Å². The van der Waals surface area contributed by atoms with Crippen LogP contribution in [0.3, 0.4) is 0 Å². The summed E-state index contributed by atoms with van der Waals surface area (Å²) in [6, 6.07) is 4.64. The molecule has 0 saturated heterocycles. The van der Waals surface area contributed by atoms with Gasteiger partial charge in [0.2, 0.25) is 0 Å². The maximum atomic E-state index is 13.4. The summed E-state index contributed by atoms with van der Waals surface area (Å²) in [5, 5.41) is 4.17. The van der Waals surface area contributed by atoms with Crippen LogP contribution >= 0.6 is 11.6 Å². The highest BCUT2D eigenvalue weighted by Crippen LogP contribution is 2.39. The second kappa shape index (κ2) is 7.32. The maximum Gasteiger partial charge on any atom is 0.417 e. The molecule has 0 radical (unpaired) electrons. The van der Waals surface area contributed by atoms with Gasteiger partial charge in [0.25, 0.3) is 17.8 Å². The second-order valence-corrected chi connectivity index (χ2v) is 8.21. The van der Waals surface area contributed by atoms with Crippen LogP contribution in [0, 0.1) is 20.8 Å². The number of benzene rings is 1. The number of imide groups is 1. The van der Waals surface area contributed by atoms with Crippen LogP contribution in [-0.2, 0) is 6.18 Å². The Morgan fingerprint density at radius 1 is 0.971 bits per heavy atom. The van der Waals surface area contributed by atoms with Crippen molar-refractivity contribution in [1.29, 1.82) is 0 Å². The Hall–Kier alpha value is -3.86. The van der Waals surface area contributed by atoms with Gasteiger partial charge in [-0.15, -0.1) is 0 Å².